The van der Waals surface area contributed by atoms with Crippen LogP contribution in [0.2, 0.25) is 0 Å². The van der Waals surface area contributed by atoms with E-state index in [1.165, 1.54) is 74.6 Å². The van der Waals surface area contributed by atoms with Crippen LogP contribution >= 0.6 is 0 Å². The van der Waals surface area contributed by atoms with E-state index in [0.29, 0.717) is 24.1 Å². The number of hydrogen-bond donors (Lipinski definition) is 9. The van der Waals surface area contributed by atoms with Crippen LogP contribution in [0.3, 0.4) is 0 Å². The van der Waals surface area contributed by atoms with Crippen molar-refractivity contribution < 1.29 is 88.5 Å². The molecule has 9 N–H and O–H groups in total. The lowest BCUT2D eigenvalue weighted by Gasteiger charge is -2.37. The molecule has 2 saturated heterocycles. The molecule has 1 spiro atoms. The fourth-order valence-corrected chi connectivity index (χ4v) is 8.17. The van der Waals surface area contributed by atoms with E-state index in [9.17, 15) is 60.0 Å². The van der Waals surface area contributed by atoms with Crippen LogP contribution in [0.4, 0.5) is 5.69 Å². The van der Waals surface area contributed by atoms with Gasteiger partial charge in [-0.15, -0.1) is 0 Å². The summed E-state index contributed by atoms with van der Waals surface area (Å²) in [6.45, 7) is 2.18. The average molecular weight is 882 g/mol. The highest BCUT2D eigenvalue weighted by molar-refractivity contribution is 5.99. The zero-order valence-corrected chi connectivity index (χ0v) is 34.2. The zero-order chi connectivity index (χ0) is 45.2. The van der Waals surface area contributed by atoms with E-state index in [0.717, 1.165) is 19.3 Å². The molecule has 1 amide bonds. The van der Waals surface area contributed by atoms with Crippen LogP contribution in [0.15, 0.2) is 54.6 Å². The van der Waals surface area contributed by atoms with Crippen molar-refractivity contribution in [1.29, 1.82) is 0 Å². The Labute approximate surface area is 360 Å². The van der Waals surface area contributed by atoms with Gasteiger partial charge in [0.15, 0.2) is 30.4 Å². The van der Waals surface area contributed by atoms with E-state index in [1.807, 2.05) is 0 Å². The minimum Gasteiger partial charge on any atom is -0.456 e. The lowest BCUT2D eigenvalue weighted by molar-refractivity contribution is -0.279. The van der Waals surface area contributed by atoms with Crippen molar-refractivity contribution in [3.05, 3.63) is 76.9 Å². The lowest BCUT2D eigenvalue weighted by Crippen LogP contribution is -2.60. The van der Waals surface area contributed by atoms with E-state index in [-0.39, 0.29) is 45.6 Å². The zero-order valence-electron chi connectivity index (χ0n) is 34.2. The van der Waals surface area contributed by atoms with E-state index < -0.39 is 84.9 Å². The number of rotatable bonds is 15. The molecular formula is C44H51NO18. The van der Waals surface area contributed by atoms with Crippen LogP contribution in [-0.4, -0.2) is 126 Å². The molecule has 3 aromatic carbocycles. The summed E-state index contributed by atoms with van der Waals surface area (Å²) in [4.78, 5) is 53.0. The van der Waals surface area contributed by atoms with Gasteiger partial charge in [0.25, 0.3) is 0 Å². The number of carbonyl (C=O) groups excluding carboxylic acids is 4. The predicted octanol–water partition coefficient (Wildman–Crippen LogP) is 1.52. The van der Waals surface area contributed by atoms with Gasteiger partial charge in [-0.3, -0.25) is 4.79 Å². The number of aliphatic hydroxyl groups excluding tert-OH is 8. The fourth-order valence-electron chi connectivity index (χ4n) is 8.17. The number of benzene rings is 3. The van der Waals surface area contributed by atoms with Crippen molar-refractivity contribution in [2.24, 2.45) is 0 Å². The average Bonchev–Trinajstić information content (AvgIpc) is 3.54. The standard InChI is InChI=1S/C44H51NO18/c1-2-3-4-5-6-7-8-9-10-11-30(46)45-21-12-15-25-24(18-21)39(53)63-44(25)26-16-13-22(58-42(56)37-33(49)31(47)35(51)40(54)61-37)19-28(26)60-29-20-23(14-17-27(29)44)59-43(57)38-34(50)32(48)36(52)41(55)62-38/h12-20,31-38,40-41,47-52,54-55H,2-11H2,1H3,(H,45,46)/t31-,32-,33-,34-,35+,36+,37-,38-,40+,41+/m0/s1. The smallest absolute Gasteiger partial charge is 0.343 e. The molecule has 10 atom stereocenters. The third kappa shape index (κ3) is 9.30. The first-order valence-electron chi connectivity index (χ1n) is 21.0. The quantitative estimate of drug-likeness (QED) is 0.0594. The van der Waals surface area contributed by atoms with E-state index in [4.69, 9.17) is 28.4 Å². The molecule has 0 aromatic heterocycles. The molecule has 0 radical (unpaired) electrons. The fraction of sp³-hybridized carbons (Fsp3) is 0.500. The summed E-state index contributed by atoms with van der Waals surface area (Å²) < 4.78 is 33.3. The summed E-state index contributed by atoms with van der Waals surface area (Å²) in [6.07, 6.45) is -9.35. The van der Waals surface area contributed by atoms with Crippen LogP contribution in [0.5, 0.6) is 23.0 Å². The van der Waals surface area contributed by atoms with Crippen LogP contribution in [0.25, 0.3) is 0 Å². The molecule has 2 fully saturated rings. The molecule has 0 aliphatic carbocycles. The molecule has 63 heavy (non-hydrogen) atoms. The number of aliphatic hydroxyl groups is 8. The maximum atomic E-state index is 13.8. The summed E-state index contributed by atoms with van der Waals surface area (Å²) in [5.74, 6) is -4.02. The Bertz CT molecular complexity index is 2080. The van der Waals surface area contributed by atoms with Gasteiger partial charge in [-0.25, -0.2) is 14.4 Å². The van der Waals surface area contributed by atoms with Crippen molar-refractivity contribution in [2.45, 2.75) is 138 Å². The molecule has 4 aliphatic rings. The number of hydrogen-bond acceptors (Lipinski definition) is 18. The summed E-state index contributed by atoms with van der Waals surface area (Å²) in [6, 6.07) is 12.7. The highest BCUT2D eigenvalue weighted by Gasteiger charge is 2.54. The van der Waals surface area contributed by atoms with E-state index >= 15 is 0 Å². The Hall–Kier alpha value is -5.06. The van der Waals surface area contributed by atoms with Gasteiger partial charge in [0, 0.05) is 40.9 Å². The topological polar surface area (TPSA) is 298 Å². The molecule has 7 rings (SSSR count). The number of fused-ring (bicyclic) bond motifs is 6. The molecule has 0 saturated carbocycles. The molecule has 340 valence electrons. The lowest BCUT2D eigenvalue weighted by atomic mass is 9.77. The second-order valence-electron chi connectivity index (χ2n) is 16.1. The number of amides is 1. The van der Waals surface area contributed by atoms with Crippen molar-refractivity contribution >= 4 is 29.5 Å². The van der Waals surface area contributed by atoms with Gasteiger partial charge >= 0.3 is 17.9 Å². The summed E-state index contributed by atoms with van der Waals surface area (Å²) in [5.41, 5.74) is -0.504. The van der Waals surface area contributed by atoms with Gasteiger partial charge < -0.3 is 74.6 Å². The molecule has 4 aliphatic heterocycles. The minimum atomic E-state index is -2.02. The van der Waals surface area contributed by atoms with Gasteiger partial charge in [-0.05, 0) is 42.8 Å². The Morgan fingerprint density at radius 1 is 0.603 bits per heavy atom. The Morgan fingerprint density at radius 3 is 1.59 bits per heavy atom. The normalized spacial score (nSPS) is 27.9. The van der Waals surface area contributed by atoms with Gasteiger partial charge in [-0.1, -0.05) is 64.4 Å². The molecule has 19 nitrogen and oxygen atoms in total. The van der Waals surface area contributed by atoms with Crippen LogP contribution in [0, 0.1) is 0 Å². The van der Waals surface area contributed by atoms with E-state index in [1.54, 1.807) is 12.1 Å². The molecular weight excluding hydrogens is 830 g/mol. The Morgan fingerprint density at radius 2 is 1.08 bits per heavy atom. The van der Waals surface area contributed by atoms with Gasteiger partial charge in [0.1, 0.15) is 59.6 Å². The number of nitrogens with one attached hydrogen (secondary N) is 1. The highest BCUT2D eigenvalue weighted by Crippen LogP contribution is 2.57. The summed E-state index contributed by atoms with van der Waals surface area (Å²) in [7, 11) is 0. The van der Waals surface area contributed by atoms with Gasteiger partial charge in [0.05, 0.1) is 5.56 Å². The highest BCUT2D eigenvalue weighted by atomic mass is 16.7. The molecule has 4 heterocycles. The SMILES string of the molecule is CCCCCCCCCCCC(=O)Nc1ccc2c(c1)C(=O)OC21c2ccc(OC(=O)[C@H]3O[C@@H](O)[C@H](O)[C@@H](O)[C@@H]3O)cc2Oc2cc(OC(=O)[C@H]3O[C@@H](O)[C@H](O)[C@@H](O)[C@@H]3O)ccc21. The van der Waals surface area contributed by atoms with Crippen molar-refractivity contribution in [3.8, 4) is 23.0 Å². The van der Waals surface area contributed by atoms with E-state index in [2.05, 4.69) is 12.2 Å². The van der Waals surface area contributed by atoms with Crippen LogP contribution < -0.4 is 19.5 Å². The predicted molar refractivity (Wildman–Crippen MR) is 214 cm³/mol. The van der Waals surface area contributed by atoms with Crippen LogP contribution in [-0.2, 0) is 34.2 Å². The number of esters is 3. The van der Waals surface area contributed by atoms with Crippen molar-refractivity contribution in [2.75, 3.05) is 5.32 Å². The molecule has 3 aromatic rings. The van der Waals surface area contributed by atoms with Crippen LogP contribution in [0.1, 0.15) is 98.2 Å². The first-order chi connectivity index (χ1) is 30.1. The molecule has 0 unspecified atom stereocenters. The van der Waals surface area contributed by atoms with Gasteiger partial charge in [-0.2, -0.15) is 0 Å². The molecule has 0 bridgehead atoms. The third-order valence-corrected chi connectivity index (χ3v) is 11.6. The maximum Gasteiger partial charge on any atom is 0.343 e. The first kappa shape index (κ1) is 45.9. The third-order valence-electron chi connectivity index (χ3n) is 11.6. The Balaban J connectivity index is 1.15. The summed E-state index contributed by atoms with van der Waals surface area (Å²) in [5, 5.41) is 83.4. The molecule has 19 heteroatoms. The maximum absolute atomic E-state index is 13.8. The van der Waals surface area contributed by atoms with Gasteiger partial charge in [0.2, 0.25) is 5.91 Å². The number of carbonyl (C=O) groups is 4. The minimum absolute atomic E-state index is 0.0536. The first-order valence-corrected chi connectivity index (χ1v) is 21.0. The monoisotopic (exact) mass is 881 g/mol. The van der Waals surface area contributed by atoms with Crippen molar-refractivity contribution in [3.63, 3.8) is 0 Å². The number of anilines is 1. The summed E-state index contributed by atoms with van der Waals surface area (Å²) >= 11 is 0. The largest absolute Gasteiger partial charge is 0.456 e. The van der Waals surface area contributed by atoms with Crippen molar-refractivity contribution in [1.82, 2.24) is 0 Å². The number of ether oxygens (including phenoxy) is 6. The number of unbranched alkanes of at least 4 members (excludes halogenated alkanes) is 8. The second kappa shape index (κ2) is 19.4. The Kier molecular flexibility index (Phi) is 14.1. The second-order valence-corrected chi connectivity index (χ2v) is 16.1.